The summed E-state index contributed by atoms with van der Waals surface area (Å²) in [6, 6.07) is 0. The fraction of sp³-hybridized carbons (Fsp3) is 0.962. The van der Waals surface area contributed by atoms with Crippen LogP contribution in [0.25, 0.3) is 0 Å². The summed E-state index contributed by atoms with van der Waals surface area (Å²) in [5.74, 6) is 0.602. The van der Waals surface area contributed by atoms with E-state index in [9.17, 15) is 19.8 Å². The molecular weight excluding hydrogens is 689 g/mol. The zero-order valence-electron chi connectivity index (χ0n) is 38.8. The van der Waals surface area contributed by atoms with Gasteiger partial charge in [0.2, 0.25) is 0 Å². The molecule has 2 atom stereocenters. The van der Waals surface area contributed by atoms with E-state index in [0.717, 1.165) is 83.0 Å². The van der Waals surface area contributed by atoms with Crippen LogP contribution in [0.5, 0.6) is 0 Å². The lowest BCUT2D eigenvalue weighted by atomic mass is 9.88. The molecule has 0 saturated carbocycles. The lowest BCUT2D eigenvalue weighted by Crippen LogP contribution is -2.38. The van der Waals surface area contributed by atoms with Crippen molar-refractivity contribution in [2.75, 3.05) is 0 Å². The van der Waals surface area contributed by atoms with Crippen molar-refractivity contribution in [2.24, 2.45) is 11.8 Å². The van der Waals surface area contributed by atoms with Gasteiger partial charge in [-0.05, 0) is 50.9 Å². The molecule has 0 saturated heterocycles. The van der Waals surface area contributed by atoms with Crippen LogP contribution in [0, 0.1) is 11.8 Å². The molecule has 0 rings (SSSR count). The number of carbonyl (C=O) groups excluding carboxylic acids is 1. The van der Waals surface area contributed by atoms with Gasteiger partial charge < -0.3 is 10.2 Å². The first-order valence-electron chi connectivity index (χ1n) is 25.7. The van der Waals surface area contributed by atoms with Gasteiger partial charge in [-0.25, -0.2) is 4.79 Å². The van der Waals surface area contributed by atoms with E-state index >= 15 is 0 Å². The van der Waals surface area contributed by atoms with E-state index in [2.05, 4.69) is 27.7 Å². The summed E-state index contributed by atoms with van der Waals surface area (Å²) in [6.45, 7) is 9.17. The van der Waals surface area contributed by atoms with Crippen LogP contribution in [0.15, 0.2) is 0 Å². The van der Waals surface area contributed by atoms with Crippen molar-refractivity contribution in [3.8, 4) is 0 Å². The fourth-order valence-corrected chi connectivity index (χ4v) is 8.75. The monoisotopic (exact) mass is 791 g/mol. The summed E-state index contributed by atoms with van der Waals surface area (Å²) in [6.07, 6.45) is 51.7. The summed E-state index contributed by atoms with van der Waals surface area (Å²) in [4.78, 5) is 25.2. The number of carboxylic acids is 1. The molecule has 0 fully saturated rings. The molecule has 0 radical (unpaired) electrons. The summed E-state index contributed by atoms with van der Waals surface area (Å²) < 4.78 is 0. The number of hydrogen-bond acceptors (Lipinski definition) is 3. The number of hydrogen-bond donors (Lipinski definition) is 2. The number of Topliss-reactive ketones (excluding diaryl/α,β-unsaturated/α-hetero) is 1. The van der Waals surface area contributed by atoms with Crippen LogP contribution in [0.3, 0.4) is 0 Å². The molecule has 0 bridgehead atoms. The summed E-state index contributed by atoms with van der Waals surface area (Å²) >= 11 is 0. The van der Waals surface area contributed by atoms with Crippen molar-refractivity contribution in [1.82, 2.24) is 0 Å². The second kappa shape index (κ2) is 42.2. The van der Waals surface area contributed by atoms with E-state index in [1.807, 2.05) is 0 Å². The molecule has 56 heavy (non-hydrogen) atoms. The summed E-state index contributed by atoms with van der Waals surface area (Å²) in [5, 5.41) is 20.7. The Kier molecular flexibility index (Phi) is 41.6. The maximum Gasteiger partial charge on any atom is 0.335 e. The van der Waals surface area contributed by atoms with Gasteiger partial charge in [-0.2, -0.15) is 0 Å². The first-order chi connectivity index (χ1) is 27.3. The van der Waals surface area contributed by atoms with Gasteiger partial charge in [0.25, 0.3) is 0 Å². The van der Waals surface area contributed by atoms with Crippen molar-refractivity contribution in [1.29, 1.82) is 0 Å². The molecule has 0 spiro atoms. The van der Waals surface area contributed by atoms with Crippen LogP contribution in [-0.2, 0) is 9.59 Å². The van der Waals surface area contributed by atoms with Gasteiger partial charge >= 0.3 is 5.97 Å². The Hall–Kier alpha value is -0.900. The zero-order valence-corrected chi connectivity index (χ0v) is 38.8. The Morgan fingerprint density at radius 3 is 0.982 bits per heavy atom. The molecule has 0 aromatic heterocycles. The predicted molar refractivity (Wildman–Crippen MR) is 246 cm³/mol. The highest BCUT2D eigenvalue weighted by Crippen LogP contribution is 2.26. The highest BCUT2D eigenvalue weighted by atomic mass is 16.4. The first kappa shape index (κ1) is 55.1. The molecule has 0 aliphatic heterocycles. The molecule has 2 unspecified atom stereocenters. The van der Waals surface area contributed by atoms with Crippen molar-refractivity contribution < 1.29 is 19.8 Å². The summed E-state index contributed by atoms with van der Waals surface area (Å²) in [5.41, 5.74) is -1.55. The third-order valence-electron chi connectivity index (χ3n) is 12.8. The Morgan fingerprint density at radius 2 is 0.661 bits per heavy atom. The maximum atomic E-state index is 13.2. The van der Waals surface area contributed by atoms with Gasteiger partial charge in [-0.1, -0.05) is 252 Å². The Balaban J connectivity index is 4.00. The minimum Gasteiger partial charge on any atom is -0.479 e. The number of rotatable bonds is 47. The average molecular weight is 791 g/mol. The first-order valence-corrected chi connectivity index (χ1v) is 25.7. The van der Waals surface area contributed by atoms with Gasteiger partial charge in [-0.15, -0.1) is 0 Å². The minimum atomic E-state index is -1.55. The number of carboxylic acid groups (broad SMARTS) is 1. The highest BCUT2D eigenvalue weighted by molar-refractivity contribution is 5.80. The lowest BCUT2D eigenvalue weighted by molar-refractivity contribution is -0.160. The number of unbranched alkanes of at least 4 members (excludes halogenated alkanes) is 33. The molecular formula is C52H102O4. The molecule has 4 nitrogen and oxygen atoms in total. The van der Waals surface area contributed by atoms with Crippen molar-refractivity contribution in [3.05, 3.63) is 0 Å². The van der Waals surface area contributed by atoms with E-state index in [1.54, 1.807) is 0 Å². The van der Waals surface area contributed by atoms with Crippen LogP contribution in [0.4, 0.5) is 0 Å². The number of carbonyl (C=O) groups is 2. The molecule has 4 heteroatoms. The van der Waals surface area contributed by atoms with Crippen LogP contribution in [0.2, 0.25) is 0 Å². The molecule has 0 aliphatic carbocycles. The fourth-order valence-electron chi connectivity index (χ4n) is 8.75. The van der Waals surface area contributed by atoms with Gasteiger partial charge in [0.1, 0.15) is 5.78 Å². The standard InChI is InChI=1S/C52H102O4/c1-5-7-9-11-12-13-14-15-16-17-20-23-28-33-39-45-50(53)49(43-37-10-8-6-2)44-38-32-27-25-30-35-41-47-52(56,51(54)55)46-40-34-29-24-21-18-19-22-26-31-36-42-48(3)4/h48-49,56H,5-47H2,1-4H3,(H,54,55). The average Bonchev–Trinajstić information content (AvgIpc) is 3.17. The molecule has 0 aromatic rings. The molecule has 2 N–H and O–H groups in total. The molecule has 334 valence electrons. The van der Waals surface area contributed by atoms with Gasteiger partial charge in [-0.3, -0.25) is 4.79 Å². The molecule has 0 heterocycles. The third-order valence-corrected chi connectivity index (χ3v) is 12.8. The number of aliphatic carboxylic acids is 1. The smallest absolute Gasteiger partial charge is 0.335 e. The van der Waals surface area contributed by atoms with Gasteiger partial charge in [0, 0.05) is 12.3 Å². The van der Waals surface area contributed by atoms with Crippen LogP contribution >= 0.6 is 0 Å². The molecule has 0 aliphatic rings. The normalized spacial score (nSPS) is 13.4. The van der Waals surface area contributed by atoms with E-state index in [1.165, 1.54) is 186 Å². The topological polar surface area (TPSA) is 74.6 Å². The minimum absolute atomic E-state index is 0.270. The van der Waals surface area contributed by atoms with E-state index in [4.69, 9.17) is 0 Å². The second-order valence-corrected chi connectivity index (χ2v) is 18.9. The molecule has 0 amide bonds. The summed E-state index contributed by atoms with van der Waals surface area (Å²) in [7, 11) is 0. The van der Waals surface area contributed by atoms with Crippen molar-refractivity contribution in [2.45, 2.75) is 309 Å². The van der Waals surface area contributed by atoms with Crippen molar-refractivity contribution >= 4 is 11.8 Å². The third kappa shape index (κ3) is 37.4. The van der Waals surface area contributed by atoms with Gasteiger partial charge in [0.15, 0.2) is 5.60 Å². The Bertz CT molecular complexity index is 824. The number of aliphatic hydroxyl groups is 1. The zero-order chi connectivity index (χ0) is 41.2. The quantitative estimate of drug-likeness (QED) is 0.0602. The number of ketones is 1. The highest BCUT2D eigenvalue weighted by Gasteiger charge is 2.34. The SMILES string of the molecule is CCCCCCCCCCCCCCCCCC(=O)C(CCCCCC)CCCCCCCCCC(O)(CCCCCCCCCCCCCC(C)C)C(=O)O. The largest absolute Gasteiger partial charge is 0.479 e. The van der Waals surface area contributed by atoms with Crippen LogP contribution < -0.4 is 0 Å². The Labute approximate surface area is 351 Å². The van der Waals surface area contributed by atoms with Crippen LogP contribution in [-0.4, -0.2) is 27.6 Å². The molecule has 0 aromatic carbocycles. The lowest BCUT2D eigenvalue weighted by Gasteiger charge is -2.23. The van der Waals surface area contributed by atoms with Gasteiger partial charge in [0.05, 0.1) is 0 Å². The maximum absolute atomic E-state index is 13.2. The van der Waals surface area contributed by atoms with Crippen LogP contribution in [0.1, 0.15) is 304 Å². The predicted octanol–water partition coefficient (Wildman–Crippen LogP) is 17.5. The van der Waals surface area contributed by atoms with E-state index < -0.39 is 11.6 Å². The second-order valence-electron chi connectivity index (χ2n) is 18.9. The Morgan fingerprint density at radius 1 is 0.393 bits per heavy atom. The van der Waals surface area contributed by atoms with E-state index in [-0.39, 0.29) is 5.92 Å². The van der Waals surface area contributed by atoms with E-state index in [0.29, 0.717) is 18.6 Å². The van der Waals surface area contributed by atoms with Crippen molar-refractivity contribution in [3.63, 3.8) is 0 Å².